The topological polar surface area (TPSA) is 165 Å². The Kier molecular flexibility index (Phi) is 15.7. The summed E-state index contributed by atoms with van der Waals surface area (Å²) >= 11 is 1.11. The van der Waals surface area contributed by atoms with Crippen molar-refractivity contribution in [1.82, 2.24) is 36.2 Å². The molecule has 0 spiro atoms. The number of hydrogen-bond acceptors (Lipinski definition) is 10. The third kappa shape index (κ3) is 12.3. The van der Waals surface area contributed by atoms with E-state index in [2.05, 4.69) is 32.8 Å². The Hall–Kier alpha value is -4.47. The molecule has 1 aromatic heterocycles. The van der Waals surface area contributed by atoms with E-state index >= 15 is 0 Å². The monoisotopic (exact) mass is 778 g/mol. The molecule has 300 valence electrons. The van der Waals surface area contributed by atoms with Gasteiger partial charge in [0.25, 0.3) is 5.91 Å². The van der Waals surface area contributed by atoms with E-state index in [-0.39, 0.29) is 42.2 Å². The van der Waals surface area contributed by atoms with E-state index < -0.39 is 41.8 Å². The molecule has 1 aromatic carbocycles. The van der Waals surface area contributed by atoms with Gasteiger partial charge in [0, 0.05) is 39.9 Å². The number of anilines is 1. The Morgan fingerprint density at radius 1 is 1.02 bits per heavy atom. The van der Waals surface area contributed by atoms with Gasteiger partial charge in [-0.2, -0.15) is 5.06 Å². The van der Waals surface area contributed by atoms with Crippen molar-refractivity contribution in [2.75, 3.05) is 38.0 Å². The molecule has 4 rings (SSSR count). The number of fused-ring (bicyclic) bond motifs is 1. The molecule has 2 heterocycles. The number of Topliss-reactive ketones (excluding diaryl/α,β-unsaturated/α-hetero) is 1. The predicted octanol–water partition coefficient (Wildman–Crippen LogP) is 3.84. The standard InChI is InChI=1S/C40H58N8O6S/c1-9-19-42-37(51)35(49)30(22-26(2)3)43-36(50)31-17-14-21-48(31)38(52)34(29-23-27-15-10-11-16-28(27)24-29)45-39(53)44-32(40(4,5)6)25-46(7)54-55-47(8)33-18-12-13-20-41-33/h9-13,15-16,18,20,26,29-32,34H,1,14,17,19,21-25H2,2-8H3,(H,42,51)(H,43,50)(H2,44,45,53). The zero-order chi connectivity index (χ0) is 40.3. The molecule has 2 aromatic rings. The maximum Gasteiger partial charge on any atom is 0.315 e. The van der Waals surface area contributed by atoms with Crippen LogP contribution >= 0.6 is 12.2 Å². The number of carbonyl (C=O) groups excluding carboxylic acids is 5. The minimum atomic E-state index is -1.05. The Morgan fingerprint density at radius 3 is 2.29 bits per heavy atom. The Morgan fingerprint density at radius 2 is 1.69 bits per heavy atom. The first kappa shape index (κ1) is 43.3. The predicted molar refractivity (Wildman–Crippen MR) is 214 cm³/mol. The number of likely N-dealkylation sites (N-methyl/N-ethyl adjacent to an activating group) is 1. The van der Waals surface area contributed by atoms with Crippen LogP contribution in [0, 0.1) is 17.3 Å². The molecule has 1 aliphatic carbocycles. The molecule has 0 radical (unpaired) electrons. The lowest BCUT2D eigenvalue weighted by atomic mass is 9.86. The quantitative estimate of drug-likeness (QED) is 0.0575. The Balaban J connectivity index is 1.49. The zero-order valence-electron chi connectivity index (χ0n) is 33.2. The average molecular weight is 779 g/mol. The van der Waals surface area contributed by atoms with Gasteiger partial charge >= 0.3 is 6.03 Å². The number of rotatable bonds is 18. The number of nitrogens with zero attached hydrogens (tertiary/aromatic N) is 4. The molecule has 4 N–H and O–H groups in total. The van der Waals surface area contributed by atoms with E-state index in [1.54, 1.807) is 22.6 Å². The van der Waals surface area contributed by atoms with Crippen molar-refractivity contribution >= 4 is 47.6 Å². The second kappa shape index (κ2) is 19.9. The molecule has 1 fully saturated rings. The zero-order valence-corrected chi connectivity index (χ0v) is 34.0. The highest BCUT2D eigenvalue weighted by Crippen LogP contribution is 2.31. The number of aromatic nitrogens is 1. The van der Waals surface area contributed by atoms with E-state index in [4.69, 9.17) is 4.28 Å². The second-order valence-corrected chi connectivity index (χ2v) is 16.7. The number of benzene rings is 1. The minimum absolute atomic E-state index is 0.00816. The maximum absolute atomic E-state index is 14.6. The van der Waals surface area contributed by atoms with Gasteiger partial charge in [0.2, 0.25) is 17.6 Å². The Labute approximate surface area is 329 Å². The van der Waals surface area contributed by atoms with Crippen molar-refractivity contribution in [3.63, 3.8) is 0 Å². The summed E-state index contributed by atoms with van der Waals surface area (Å²) in [6, 6.07) is 9.86. The fourth-order valence-electron chi connectivity index (χ4n) is 6.92. The molecule has 1 saturated heterocycles. The second-order valence-electron chi connectivity index (χ2n) is 15.8. The lowest BCUT2D eigenvalue weighted by Crippen LogP contribution is -2.60. The highest BCUT2D eigenvalue weighted by Gasteiger charge is 2.43. The van der Waals surface area contributed by atoms with Crippen LogP contribution in [-0.4, -0.2) is 102 Å². The van der Waals surface area contributed by atoms with Crippen molar-refractivity contribution in [1.29, 1.82) is 0 Å². The van der Waals surface area contributed by atoms with E-state index in [0.717, 1.165) is 29.2 Å². The fraction of sp³-hybridized carbons (Fsp3) is 0.550. The molecule has 1 aliphatic heterocycles. The lowest BCUT2D eigenvalue weighted by Gasteiger charge is -2.36. The first-order chi connectivity index (χ1) is 26.1. The van der Waals surface area contributed by atoms with Gasteiger partial charge < -0.3 is 26.2 Å². The number of amides is 5. The minimum Gasteiger partial charge on any atom is -0.346 e. The van der Waals surface area contributed by atoms with E-state index in [1.165, 1.54) is 11.0 Å². The molecule has 5 amide bonds. The van der Waals surface area contributed by atoms with Gasteiger partial charge in [-0.05, 0) is 72.6 Å². The SMILES string of the molecule is C=CCNC(=O)C(=O)C(CC(C)C)NC(=O)C1CCCN1C(=O)C(NC(=O)NC(CN(C)OSN(C)c1ccccn1)C(C)(C)C)C1Cc2ccccc2C1. The summed E-state index contributed by atoms with van der Waals surface area (Å²) in [5.74, 6) is -1.92. The number of ketones is 1. The third-order valence-corrected chi connectivity index (χ3v) is 10.7. The number of pyridine rings is 1. The van der Waals surface area contributed by atoms with Crippen LogP contribution in [0.25, 0.3) is 0 Å². The normalized spacial score (nSPS) is 17.3. The highest BCUT2D eigenvalue weighted by molar-refractivity contribution is 7.96. The first-order valence-corrected chi connectivity index (χ1v) is 19.7. The summed E-state index contributed by atoms with van der Waals surface area (Å²) < 4.78 is 7.70. The van der Waals surface area contributed by atoms with Gasteiger partial charge in [0.1, 0.15) is 30.1 Å². The van der Waals surface area contributed by atoms with Gasteiger partial charge in [-0.25, -0.2) is 14.1 Å². The molecule has 15 heteroatoms. The summed E-state index contributed by atoms with van der Waals surface area (Å²) in [7, 11) is 3.62. The first-order valence-electron chi connectivity index (χ1n) is 19.0. The number of carbonyl (C=O) groups is 5. The largest absolute Gasteiger partial charge is 0.346 e. The summed E-state index contributed by atoms with van der Waals surface area (Å²) in [6.07, 6.45) is 5.56. The Bertz CT molecular complexity index is 1630. The summed E-state index contributed by atoms with van der Waals surface area (Å²) in [6.45, 7) is 14.2. The van der Waals surface area contributed by atoms with Crippen molar-refractivity contribution in [2.24, 2.45) is 17.3 Å². The van der Waals surface area contributed by atoms with E-state index in [9.17, 15) is 24.0 Å². The van der Waals surface area contributed by atoms with Gasteiger partial charge in [-0.15, -0.1) is 6.58 Å². The summed E-state index contributed by atoms with van der Waals surface area (Å²) in [5.41, 5.74) is 1.85. The molecule has 4 unspecified atom stereocenters. The highest BCUT2D eigenvalue weighted by atomic mass is 32.2. The van der Waals surface area contributed by atoms with Crippen LogP contribution in [-0.2, 0) is 36.3 Å². The lowest BCUT2D eigenvalue weighted by molar-refractivity contribution is -0.143. The molecule has 0 saturated carbocycles. The van der Waals surface area contributed by atoms with Crippen LogP contribution in [0.3, 0.4) is 0 Å². The molecule has 0 bridgehead atoms. The van der Waals surface area contributed by atoms with Crippen LogP contribution in [0.5, 0.6) is 0 Å². The van der Waals surface area contributed by atoms with Crippen molar-refractivity contribution in [3.05, 3.63) is 72.4 Å². The van der Waals surface area contributed by atoms with Crippen molar-refractivity contribution in [3.8, 4) is 0 Å². The number of hydroxylamine groups is 2. The van der Waals surface area contributed by atoms with Gasteiger partial charge in [-0.1, -0.05) is 71.0 Å². The summed E-state index contributed by atoms with van der Waals surface area (Å²) in [5, 5.41) is 13.1. The molecular formula is C40H58N8O6S. The van der Waals surface area contributed by atoms with Crippen LogP contribution in [0.15, 0.2) is 61.3 Å². The molecule has 2 aliphatic rings. The fourth-order valence-corrected chi connectivity index (χ4v) is 7.38. The van der Waals surface area contributed by atoms with Gasteiger partial charge in [0.15, 0.2) is 0 Å². The number of likely N-dealkylation sites (tertiary alicyclic amines) is 1. The molecule has 4 atom stereocenters. The van der Waals surface area contributed by atoms with E-state index in [1.807, 2.05) is 84.1 Å². The van der Waals surface area contributed by atoms with Crippen LogP contribution in [0.4, 0.5) is 10.6 Å². The van der Waals surface area contributed by atoms with Crippen LogP contribution < -0.4 is 25.6 Å². The van der Waals surface area contributed by atoms with Gasteiger partial charge in [0.05, 0.1) is 12.1 Å². The molecular weight excluding hydrogens is 721 g/mol. The number of hydrogen-bond donors (Lipinski definition) is 4. The van der Waals surface area contributed by atoms with Crippen molar-refractivity contribution < 1.29 is 28.3 Å². The van der Waals surface area contributed by atoms with Crippen molar-refractivity contribution in [2.45, 2.75) is 90.9 Å². The van der Waals surface area contributed by atoms with Crippen LogP contribution in [0.1, 0.15) is 65.0 Å². The smallest absolute Gasteiger partial charge is 0.315 e. The molecule has 55 heavy (non-hydrogen) atoms. The van der Waals surface area contributed by atoms with Crippen LogP contribution in [0.2, 0.25) is 0 Å². The average Bonchev–Trinajstić information content (AvgIpc) is 3.82. The number of nitrogens with one attached hydrogen (secondary N) is 4. The summed E-state index contributed by atoms with van der Waals surface area (Å²) in [4.78, 5) is 73.9. The molecule has 14 nitrogen and oxygen atoms in total. The van der Waals surface area contributed by atoms with Gasteiger partial charge in [-0.3, -0.25) is 23.5 Å². The van der Waals surface area contributed by atoms with E-state index in [0.29, 0.717) is 38.8 Å². The third-order valence-electron chi connectivity index (χ3n) is 9.95. The maximum atomic E-state index is 14.6. The number of urea groups is 1.